The van der Waals surface area contributed by atoms with E-state index >= 15 is 0 Å². The molecule has 0 bridgehead atoms. The quantitative estimate of drug-likeness (QED) is 0.498. The normalized spacial score (nSPS) is 12.5. The summed E-state index contributed by atoms with van der Waals surface area (Å²) in [6, 6.07) is -0.133. The Bertz CT molecular complexity index is 151. The van der Waals surface area contributed by atoms with E-state index in [1.165, 1.54) is 0 Å². The van der Waals surface area contributed by atoms with Crippen molar-refractivity contribution in [3.63, 3.8) is 0 Å². The summed E-state index contributed by atoms with van der Waals surface area (Å²) >= 11 is 0. The number of hydrogen-bond donors (Lipinski definition) is 3. The minimum Gasteiger partial charge on any atom is -0.394 e. The highest BCUT2D eigenvalue weighted by molar-refractivity contribution is 5.76. The number of carbonyl (C=O) groups excluding carboxylic acids is 1. The molecule has 0 fully saturated rings. The number of aliphatic hydroxyl groups excluding tert-OH is 1. The van der Waals surface area contributed by atoms with Crippen LogP contribution in [0.2, 0.25) is 0 Å². The van der Waals surface area contributed by atoms with Gasteiger partial charge in [0.25, 0.3) is 0 Å². The Balaban J connectivity index is 3.27. The molecule has 1 atom stereocenters. The van der Waals surface area contributed by atoms with Crippen molar-refractivity contribution in [3.8, 4) is 0 Å². The van der Waals surface area contributed by atoms with Crippen molar-refractivity contribution in [2.24, 2.45) is 5.73 Å². The molecule has 0 radical (unpaired) electrons. The fourth-order valence-corrected chi connectivity index (χ4v) is 1.18. The molecule has 0 aliphatic rings. The Kier molecular flexibility index (Phi) is 8.57. The highest BCUT2D eigenvalue weighted by atomic mass is 16.3. The molecule has 4 N–H and O–H groups in total. The van der Waals surface area contributed by atoms with Gasteiger partial charge in [-0.25, -0.2) is 0 Å². The van der Waals surface area contributed by atoms with Gasteiger partial charge in [0, 0.05) is 12.5 Å². The largest absolute Gasteiger partial charge is 0.394 e. The van der Waals surface area contributed by atoms with Crippen LogP contribution in [-0.2, 0) is 4.79 Å². The summed E-state index contributed by atoms with van der Waals surface area (Å²) in [6.07, 6.45) is 4.64. The Morgan fingerprint density at radius 1 is 1.36 bits per heavy atom. The summed E-state index contributed by atoms with van der Waals surface area (Å²) in [6.45, 7) is 2.51. The van der Waals surface area contributed by atoms with E-state index in [0.29, 0.717) is 6.42 Å². The van der Waals surface area contributed by atoms with Crippen LogP contribution >= 0.6 is 0 Å². The smallest absolute Gasteiger partial charge is 0.220 e. The number of hydrogen-bond acceptors (Lipinski definition) is 3. The second kappa shape index (κ2) is 8.97. The molecule has 0 aromatic carbocycles. The van der Waals surface area contributed by atoms with Crippen LogP contribution in [0.5, 0.6) is 0 Å². The first-order chi connectivity index (χ1) is 6.70. The van der Waals surface area contributed by atoms with Crippen molar-refractivity contribution in [2.75, 3.05) is 13.2 Å². The third-order valence-electron chi connectivity index (χ3n) is 2.04. The topological polar surface area (TPSA) is 75.3 Å². The number of carbonyl (C=O) groups is 1. The Morgan fingerprint density at radius 2 is 2.00 bits per heavy atom. The first-order valence-electron chi connectivity index (χ1n) is 5.31. The van der Waals surface area contributed by atoms with E-state index in [-0.39, 0.29) is 18.6 Å². The lowest BCUT2D eigenvalue weighted by molar-refractivity contribution is -0.122. The van der Waals surface area contributed by atoms with Crippen LogP contribution in [0.25, 0.3) is 0 Å². The van der Waals surface area contributed by atoms with Crippen LogP contribution in [0.15, 0.2) is 0 Å². The molecule has 4 nitrogen and oxygen atoms in total. The molecule has 84 valence electrons. The van der Waals surface area contributed by atoms with E-state index in [4.69, 9.17) is 10.8 Å². The van der Waals surface area contributed by atoms with Gasteiger partial charge in [-0.2, -0.15) is 0 Å². The lowest BCUT2D eigenvalue weighted by atomic mass is 10.1. The van der Waals surface area contributed by atoms with Gasteiger partial charge in [-0.05, 0) is 26.3 Å². The van der Waals surface area contributed by atoms with Gasteiger partial charge in [0.2, 0.25) is 5.91 Å². The predicted octanol–water partition coefficient (Wildman–Crippen LogP) is 0.393. The molecular formula is C10H22N2O2. The standard InChI is InChI=1S/C10H22N2O2/c1-9(8-13)12-10(14)6-4-2-3-5-7-11/h9,13H,2-8,11H2,1H3,(H,12,14). The van der Waals surface area contributed by atoms with E-state index in [1.54, 1.807) is 6.92 Å². The van der Waals surface area contributed by atoms with E-state index < -0.39 is 0 Å². The predicted molar refractivity (Wildman–Crippen MR) is 56.8 cm³/mol. The molecule has 4 heteroatoms. The third kappa shape index (κ3) is 8.01. The summed E-state index contributed by atoms with van der Waals surface area (Å²) < 4.78 is 0. The average Bonchev–Trinajstić information content (AvgIpc) is 2.17. The molecule has 0 heterocycles. The summed E-state index contributed by atoms with van der Waals surface area (Å²) in [5.41, 5.74) is 5.35. The van der Waals surface area contributed by atoms with Crippen LogP contribution in [0.4, 0.5) is 0 Å². The van der Waals surface area contributed by atoms with Gasteiger partial charge in [0.1, 0.15) is 0 Å². The first kappa shape index (κ1) is 13.4. The zero-order chi connectivity index (χ0) is 10.8. The van der Waals surface area contributed by atoms with Crippen molar-refractivity contribution in [1.82, 2.24) is 5.32 Å². The van der Waals surface area contributed by atoms with Gasteiger partial charge in [0.05, 0.1) is 6.61 Å². The summed E-state index contributed by atoms with van der Waals surface area (Å²) in [4.78, 5) is 11.2. The number of aliphatic hydroxyl groups is 1. The Labute approximate surface area is 85.9 Å². The summed E-state index contributed by atoms with van der Waals surface area (Å²) in [5, 5.41) is 11.4. The van der Waals surface area contributed by atoms with E-state index in [9.17, 15) is 4.79 Å². The van der Waals surface area contributed by atoms with Gasteiger partial charge in [-0.1, -0.05) is 12.8 Å². The number of amides is 1. The molecule has 0 aromatic rings. The zero-order valence-electron chi connectivity index (χ0n) is 8.96. The Hall–Kier alpha value is -0.610. The lowest BCUT2D eigenvalue weighted by Gasteiger charge is -2.10. The number of nitrogens with two attached hydrogens (primary N) is 1. The van der Waals surface area contributed by atoms with E-state index in [1.807, 2.05) is 0 Å². The minimum absolute atomic E-state index is 0.00108. The maximum atomic E-state index is 11.2. The van der Waals surface area contributed by atoms with Crippen LogP contribution in [0.3, 0.4) is 0 Å². The van der Waals surface area contributed by atoms with Gasteiger partial charge in [0.15, 0.2) is 0 Å². The Morgan fingerprint density at radius 3 is 2.57 bits per heavy atom. The van der Waals surface area contributed by atoms with Gasteiger partial charge >= 0.3 is 0 Å². The molecule has 0 spiro atoms. The summed E-state index contributed by atoms with van der Waals surface area (Å²) in [5.74, 6) is 0.0271. The van der Waals surface area contributed by atoms with Crippen LogP contribution in [-0.4, -0.2) is 30.2 Å². The SMILES string of the molecule is CC(CO)NC(=O)CCCCCCN. The fraction of sp³-hybridized carbons (Fsp3) is 0.900. The minimum atomic E-state index is -0.133. The molecule has 0 saturated carbocycles. The lowest BCUT2D eigenvalue weighted by Crippen LogP contribution is -2.34. The molecular weight excluding hydrogens is 180 g/mol. The van der Waals surface area contributed by atoms with Gasteiger partial charge in [-0.3, -0.25) is 4.79 Å². The molecule has 0 aromatic heterocycles. The highest BCUT2D eigenvalue weighted by Gasteiger charge is 2.04. The van der Waals surface area contributed by atoms with Crippen LogP contribution in [0.1, 0.15) is 39.0 Å². The zero-order valence-corrected chi connectivity index (χ0v) is 8.96. The van der Waals surface area contributed by atoms with Gasteiger partial charge in [-0.15, -0.1) is 0 Å². The van der Waals surface area contributed by atoms with Crippen molar-refractivity contribution >= 4 is 5.91 Å². The second-order valence-electron chi connectivity index (χ2n) is 3.60. The molecule has 0 aliphatic heterocycles. The molecule has 14 heavy (non-hydrogen) atoms. The van der Waals surface area contributed by atoms with E-state index in [0.717, 1.165) is 32.2 Å². The van der Waals surface area contributed by atoms with Crippen LogP contribution < -0.4 is 11.1 Å². The van der Waals surface area contributed by atoms with Crippen molar-refractivity contribution < 1.29 is 9.90 Å². The van der Waals surface area contributed by atoms with Crippen molar-refractivity contribution in [2.45, 2.75) is 45.1 Å². The third-order valence-corrected chi connectivity index (χ3v) is 2.04. The number of unbranched alkanes of at least 4 members (excludes halogenated alkanes) is 3. The van der Waals surface area contributed by atoms with E-state index in [2.05, 4.69) is 5.32 Å². The average molecular weight is 202 g/mol. The van der Waals surface area contributed by atoms with Crippen LogP contribution in [0, 0.1) is 0 Å². The second-order valence-corrected chi connectivity index (χ2v) is 3.60. The van der Waals surface area contributed by atoms with Crippen molar-refractivity contribution in [1.29, 1.82) is 0 Å². The molecule has 0 saturated heterocycles. The number of rotatable bonds is 8. The molecule has 0 aliphatic carbocycles. The van der Waals surface area contributed by atoms with Gasteiger partial charge < -0.3 is 16.2 Å². The maximum absolute atomic E-state index is 11.2. The molecule has 1 amide bonds. The summed E-state index contributed by atoms with van der Waals surface area (Å²) in [7, 11) is 0. The first-order valence-corrected chi connectivity index (χ1v) is 5.31. The molecule has 1 unspecified atom stereocenters. The monoisotopic (exact) mass is 202 g/mol. The fourth-order valence-electron chi connectivity index (χ4n) is 1.18. The van der Waals surface area contributed by atoms with Crippen molar-refractivity contribution in [3.05, 3.63) is 0 Å². The molecule has 0 rings (SSSR count). The number of nitrogens with one attached hydrogen (secondary N) is 1. The highest BCUT2D eigenvalue weighted by Crippen LogP contribution is 2.02. The maximum Gasteiger partial charge on any atom is 0.220 e.